The minimum Gasteiger partial charge on any atom is -0.508 e. The second kappa shape index (κ2) is 4.11. The second-order valence-corrected chi connectivity index (χ2v) is 4.17. The van der Waals surface area contributed by atoms with Crippen LogP contribution in [-0.2, 0) is 4.74 Å². The third kappa shape index (κ3) is 2.23. The number of aromatic hydroxyl groups is 1. The van der Waals surface area contributed by atoms with Crippen molar-refractivity contribution in [3.63, 3.8) is 0 Å². The molecule has 0 unspecified atom stereocenters. The fourth-order valence-corrected chi connectivity index (χ4v) is 1.91. The lowest BCUT2D eigenvalue weighted by atomic mass is 9.89. The number of benzene rings is 1. The summed E-state index contributed by atoms with van der Waals surface area (Å²) in [6, 6.07) is 5.92. The smallest absolute Gasteiger partial charge is 0.115 e. The Kier molecular flexibility index (Phi) is 2.82. The highest BCUT2D eigenvalue weighted by atomic mass is 16.5. The van der Waals surface area contributed by atoms with Crippen LogP contribution in [0.15, 0.2) is 18.2 Å². The summed E-state index contributed by atoms with van der Waals surface area (Å²) in [5, 5.41) is 12.7. The standard InChI is InChI=1S/C12H17NO2/c1-8-5-10(14)3-4-12(8)13-9-6-11(7-9)15-2/h3-5,9,11,13-14H,6-7H2,1-2H3. The number of phenols is 1. The Labute approximate surface area is 90.1 Å². The third-order valence-electron chi connectivity index (χ3n) is 3.00. The maximum atomic E-state index is 9.28. The average molecular weight is 207 g/mol. The Hall–Kier alpha value is -1.22. The predicted molar refractivity (Wildman–Crippen MR) is 60.3 cm³/mol. The van der Waals surface area contributed by atoms with Crippen molar-refractivity contribution in [3.8, 4) is 5.75 Å². The van der Waals surface area contributed by atoms with Crippen LogP contribution >= 0.6 is 0 Å². The van der Waals surface area contributed by atoms with Gasteiger partial charge in [0.25, 0.3) is 0 Å². The molecule has 0 aliphatic heterocycles. The fourth-order valence-electron chi connectivity index (χ4n) is 1.91. The van der Waals surface area contributed by atoms with Crippen LogP contribution in [0.3, 0.4) is 0 Å². The number of hydrogen-bond acceptors (Lipinski definition) is 3. The Morgan fingerprint density at radius 1 is 1.40 bits per heavy atom. The zero-order valence-electron chi connectivity index (χ0n) is 9.16. The van der Waals surface area contributed by atoms with Gasteiger partial charge < -0.3 is 15.2 Å². The maximum Gasteiger partial charge on any atom is 0.115 e. The van der Waals surface area contributed by atoms with E-state index < -0.39 is 0 Å². The van der Waals surface area contributed by atoms with E-state index in [4.69, 9.17) is 4.74 Å². The molecule has 1 aliphatic rings. The molecule has 0 atom stereocenters. The van der Waals surface area contributed by atoms with E-state index in [9.17, 15) is 5.11 Å². The van der Waals surface area contributed by atoms with Crippen molar-refractivity contribution in [2.45, 2.75) is 31.9 Å². The van der Waals surface area contributed by atoms with Crippen LogP contribution in [0.5, 0.6) is 5.75 Å². The predicted octanol–water partition coefficient (Wildman–Crippen LogP) is 2.29. The van der Waals surface area contributed by atoms with Gasteiger partial charge in [0, 0.05) is 18.8 Å². The molecule has 0 spiro atoms. The molecule has 15 heavy (non-hydrogen) atoms. The molecule has 0 radical (unpaired) electrons. The molecule has 1 aliphatic carbocycles. The quantitative estimate of drug-likeness (QED) is 0.747. The summed E-state index contributed by atoms with van der Waals surface area (Å²) in [5.41, 5.74) is 2.18. The van der Waals surface area contributed by atoms with Gasteiger partial charge in [-0.1, -0.05) is 0 Å². The number of nitrogens with one attached hydrogen (secondary N) is 1. The van der Waals surface area contributed by atoms with Crippen molar-refractivity contribution >= 4 is 5.69 Å². The molecule has 0 aromatic heterocycles. The first-order valence-corrected chi connectivity index (χ1v) is 5.28. The lowest BCUT2D eigenvalue weighted by molar-refractivity contribution is 0.0328. The van der Waals surface area contributed by atoms with Gasteiger partial charge in [0.15, 0.2) is 0 Å². The Morgan fingerprint density at radius 3 is 2.73 bits per heavy atom. The van der Waals surface area contributed by atoms with Crippen molar-refractivity contribution in [3.05, 3.63) is 23.8 Å². The van der Waals surface area contributed by atoms with E-state index >= 15 is 0 Å². The van der Waals surface area contributed by atoms with Crippen molar-refractivity contribution in [1.29, 1.82) is 0 Å². The summed E-state index contributed by atoms with van der Waals surface area (Å²) in [6.45, 7) is 1.99. The van der Waals surface area contributed by atoms with Crippen molar-refractivity contribution in [2.75, 3.05) is 12.4 Å². The number of ether oxygens (including phenoxy) is 1. The molecule has 3 heteroatoms. The lowest BCUT2D eigenvalue weighted by Gasteiger charge is -2.35. The zero-order valence-corrected chi connectivity index (χ0v) is 9.16. The van der Waals surface area contributed by atoms with E-state index in [-0.39, 0.29) is 0 Å². The Balaban J connectivity index is 1.94. The first kappa shape index (κ1) is 10.3. The zero-order chi connectivity index (χ0) is 10.8. The molecule has 0 amide bonds. The number of rotatable bonds is 3. The Morgan fingerprint density at radius 2 is 2.13 bits per heavy atom. The molecular formula is C12H17NO2. The normalized spacial score (nSPS) is 24.7. The van der Waals surface area contributed by atoms with E-state index in [2.05, 4.69) is 5.32 Å². The molecule has 1 aromatic carbocycles. The summed E-state index contributed by atoms with van der Waals surface area (Å²) >= 11 is 0. The highest BCUT2D eigenvalue weighted by Crippen LogP contribution is 2.28. The molecule has 1 saturated carbocycles. The monoisotopic (exact) mass is 207 g/mol. The molecule has 0 bridgehead atoms. The summed E-state index contributed by atoms with van der Waals surface area (Å²) in [4.78, 5) is 0. The van der Waals surface area contributed by atoms with Gasteiger partial charge in [0.05, 0.1) is 6.10 Å². The summed E-state index contributed by atoms with van der Waals surface area (Å²) in [7, 11) is 1.76. The fraction of sp³-hybridized carbons (Fsp3) is 0.500. The van der Waals surface area contributed by atoms with Crippen LogP contribution in [0.25, 0.3) is 0 Å². The SMILES string of the molecule is COC1CC(Nc2ccc(O)cc2C)C1. The average Bonchev–Trinajstić information content (AvgIpc) is 2.13. The van der Waals surface area contributed by atoms with Gasteiger partial charge in [-0.3, -0.25) is 0 Å². The Bertz CT molecular complexity index is 345. The van der Waals surface area contributed by atoms with Crippen LogP contribution < -0.4 is 5.32 Å². The van der Waals surface area contributed by atoms with Crippen molar-refractivity contribution < 1.29 is 9.84 Å². The van der Waals surface area contributed by atoms with Gasteiger partial charge in [-0.05, 0) is 43.5 Å². The minimum atomic E-state index is 0.321. The van der Waals surface area contributed by atoms with E-state index in [1.807, 2.05) is 13.0 Å². The van der Waals surface area contributed by atoms with Crippen LogP contribution in [0.4, 0.5) is 5.69 Å². The lowest BCUT2D eigenvalue weighted by Crippen LogP contribution is -2.40. The number of phenolic OH excluding ortho intramolecular Hbond substituents is 1. The van der Waals surface area contributed by atoms with E-state index in [1.54, 1.807) is 19.2 Å². The van der Waals surface area contributed by atoms with Crippen LogP contribution in [0, 0.1) is 6.92 Å². The maximum absolute atomic E-state index is 9.28. The van der Waals surface area contributed by atoms with Crippen LogP contribution in [-0.4, -0.2) is 24.4 Å². The molecule has 1 aromatic rings. The van der Waals surface area contributed by atoms with Gasteiger partial charge in [-0.15, -0.1) is 0 Å². The second-order valence-electron chi connectivity index (χ2n) is 4.17. The first-order chi connectivity index (χ1) is 7.19. The van der Waals surface area contributed by atoms with Crippen molar-refractivity contribution in [2.24, 2.45) is 0 Å². The van der Waals surface area contributed by atoms with Gasteiger partial charge in [0.1, 0.15) is 5.75 Å². The number of anilines is 1. The first-order valence-electron chi connectivity index (χ1n) is 5.28. The highest BCUT2D eigenvalue weighted by molar-refractivity contribution is 5.54. The molecule has 82 valence electrons. The van der Waals surface area contributed by atoms with E-state index in [1.165, 1.54) is 0 Å². The summed E-state index contributed by atoms with van der Waals surface area (Å²) < 4.78 is 5.22. The molecule has 3 nitrogen and oxygen atoms in total. The number of aryl methyl sites for hydroxylation is 1. The van der Waals surface area contributed by atoms with E-state index in [0.717, 1.165) is 24.1 Å². The van der Waals surface area contributed by atoms with Gasteiger partial charge in [-0.25, -0.2) is 0 Å². The van der Waals surface area contributed by atoms with E-state index in [0.29, 0.717) is 17.9 Å². The summed E-state index contributed by atoms with van der Waals surface area (Å²) in [5.74, 6) is 0.321. The molecule has 0 saturated heterocycles. The molecular weight excluding hydrogens is 190 g/mol. The third-order valence-corrected chi connectivity index (χ3v) is 3.00. The molecule has 2 rings (SSSR count). The molecule has 1 fully saturated rings. The van der Waals surface area contributed by atoms with Gasteiger partial charge in [-0.2, -0.15) is 0 Å². The number of hydrogen-bond donors (Lipinski definition) is 2. The topological polar surface area (TPSA) is 41.5 Å². The molecule has 2 N–H and O–H groups in total. The van der Waals surface area contributed by atoms with Gasteiger partial charge >= 0.3 is 0 Å². The number of methoxy groups -OCH3 is 1. The summed E-state index contributed by atoms with van der Waals surface area (Å²) in [6.07, 6.45) is 2.55. The highest BCUT2D eigenvalue weighted by Gasteiger charge is 2.28. The minimum absolute atomic E-state index is 0.321. The van der Waals surface area contributed by atoms with Crippen LogP contribution in [0.1, 0.15) is 18.4 Å². The largest absolute Gasteiger partial charge is 0.508 e. The van der Waals surface area contributed by atoms with Crippen molar-refractivity contribution in [1.82, 2.24) is 0 Å². The van der Waals surface area contributed by atoms with Crippen LogP contribution in [0.2, 0.25) is 0 Å². The molecule has 0 heterocycles. The van der Waals surface area contributed by atoms with Gasteiger partial charge in [0.2, 0.25) is 0 Å².